The van der Waals surface area contributed by atoms with Gasteiger partial charge in [-0.2, -0.15) is 5.26 Å². The summed E-state index contributed by atoms with van der Waals surface area (Å²) in [5.41, 5.74) is 2.83. The molecule has 1 heterocycles. The Balaban J connectivity index is 1.64. The van der Waals surface area contributed by atoms with Crippen LogP contribution in [-0.4, -0.2) is 41.9 Å². The van der Waals surface area contributed by atoms with Gasteiger partial charge in [0, 0.05) is 36.8 Å². The molecular formula is C20H20ClN3O. The van der Waals surface area contributed by atoms with E-state index in [9.17, 15) is 10.1 Å². The van der Waals surface area contributed by atoms with Crippen LogP contribution in [0.15, 0.2) is 48.5 Å². The SMILES string of the molecule is Cc1ccc(C(C#N)N2CCN(C(=O)c3ccc(Cl)cc3)CC2)cc1. The zero-order valence-electron chi connectivity index (χ0n) is 14.2. The summed E-state index contributed by atoms with van der Waals surface area (Å²) in [7, 11) is 0. The van der Waals surface area contributed by atoms with Crippen molar-refractivity contribution in [1.82, 2.24) is 9.80 Å². The predicted molar refractivity (Wildman–Crippen MR) is 98.5 cm³/mol. The summed E-state index contributed by atoms with van der Waals surface area (Å²) in [6.45, 7) is 4.64. The van der Waals surface area contributed by atoms with Gasteiger partial charge >= 0.3 is 0 Å². The quantitative estimate of drug-likeness (QED) is 0.845. The van der Waals surface area contributed by atoms with Crippen molar-refractivity contribution in [3.05, 3.63) is 70.2 Å². The molecule has 0 bridgehead atoms. The Morgan fingerprint density at radius 1 is 1.04 bits per heavy atom. The van der Waals surface area contributed by atoms with Crippen molar-refractivity contribution in [1.29, 1.82) is 5.26 Å². The van der Waals surface area contributed by atoms with Crippen molar-refractivity contribution in [2.45, 2.75) is 13.0 Å². The number of amides is 1. The number of hydrogen-bond donors (Lipinski definition) is 0. The van der Waals surface area contributed by atoms with Gasteiger partial charge < -0.3 is 4.90 Å². The minimum Gasteiger partial charge on any atom is -0.336 e. The Morgan fingerprint density at radius 3 is 2.20 bits per heavy atom. The van der Waals surface area contributed by atoms with E-state index in [2.05, 4.69) is 11.0 Å². The van der Waals surface area contributed by atoms with Gasteiger partial charge in [0.2, 0.25) is 0 Å². The second-order valence-electron chi connectivity index (χ2n) is 6.28. The molecule has 1 amide bonds. The highest BCUT2D eigenvalue weighted by Crippen LogP contribution is 2.22. The molecule has 0 saturated carbocycles. The Morgan fingerprint density at radius 2 is 1.64 bits per heavy atom. The lowest BCUT2D eigenvalue weighted by Gasteiger charge is -2.37. The normalized spacial score (nSPS) is 16.3. The fourth-order valence-corrected chi connectivity index (χ4v) is 3.20. The Kier molecular flexibility index (Phi) is 5.37. The smallest absolute Gasteiger partial charge is 0.253 e. The first-order valence-electron chi connectivity index (χ1n) is 8.33. The van der Waals surface area contributed by atoms with Crippen molar-refractivity contribution >= 4 is 17.5 Å². The van der Waals surface area contributed by atoms with Gasteiger partial charge in [-0.3, -0.25) is 9.69 Å². The second kappa shape index (κ2) is 7.69. The number of rotatable bonds is 3. The van der Waals surface area contributed by atoms with Gasteiger partial charge in [0.1, 0.15) is 6.04 Å². The van der Waals surface area contributed by atoms with Crippen LogP contribution in [0.25, 0.3) is 0 Å². The van der Waals surface area contributed by atoms with Crippen molar-refractivity contribution in [3.63, 3.8) is 0 Å². The number of halogens is 1. The van der Waals surface area contributed by atoms with Crippen molar-refractivity contribution in [2.75, 3.05) is 26.2 Å². The molecule has 1 aliphatic heterocycles. The van der Waals surface area contributed by atoms with Crippen molar-refractivity contribution in [3.8, 4) is 6.07 Å². The van der Waals surface area contributed by atoms with Gasteiger partial charge in [0.15, 0.2) is 0 Å². The van der Waals surface area contributed by atoms with Crippen LogP contribution < -0.4 is 0 Å². The third-order valence-corrected chi connectivity index (χ3v) is 4.83. The molecule has 1 atom stereocenters. The van der Waals surface area contributed by atoms with Crippen LogP contribution in [0.3, 0.4) is 0 Å². The van der Waals surface area contributed by atoms with Crippen LogP contribution in [0.2, 0.25) is 5.02 Å². The van der Waals surface area contributed by atoms with Gasteiger partial charge in [0.25, 0.3) is 5.91 Å². The molecule has 1 aliphatic rings. The van der Waals surface area contributed by atoms with Crippen molar-refractivity contribution in [2.24, 2.45) is 0 Å². The van der Waals surface area contributed by atoms with Gasteiger partial charge in [0.05, 0.1) is 6.07 Å². The fourth-order valence-electron chi connectivity index (χ4n) is 3.07. The molecule has 1 saturated heterocycles. The number of nitrogens with zero attached hydrogens (tertiary/aromatic N) is 3. The molecule has 3 rings (SSSR count). The fraction of sp³-hybridized carbons (Fsp3) is 0.300. The largest absolute Gasteiger partial charge is 0.336 e. The van der Waals surface area contributed by atoms with E-state index in [0.29, 0.717) is 36.8 Å². The summed E-state index contributed by atoms with van der Waals surface area (Å²) < 4.78 is 0. The zero-order chi connectivity index (χ0) is 17.8. The lowest BCUT2D eigenvalue weighted by atomic mass is 10.0. The maximum absolute atomic E-state index is 12.6. The van der Waals surface area contributed by atoms with E-state index in [1.165, 1.54) is 5.56 Å². The molecule has 4 nitrogen and oxygen atoms in total. The summed E-state index contributed by atoms with van der Waals surface area (Å²) in [6.07, 6.45) is 0. The zero-order valence-corrected chi connectivity index (χ0v) is 14.9. The third-order valence-electron chi connectivity index (χ3n) is 4.57. The number of benzene rings is 2. The molecule has 0 spiro atoms. The molecule has 0 N–H and O–H groups in total. The molecule has 0 aliphatic carbocycles. The molecule has 25 heavy (non-hydrogen) atoms. The molecule has 1 unspecified atom stereocenters. The van der Waals surface area contributed by atoms with Crippen LogP contribution in [-0.2, 0) is 0 Å². The highest BCUT2D eigenvalue weighted by molar-refractivity contribution is 6.30. The predicted octanol–water partition coefficient (Wildman–Crippen LogP) is 3.67. The summed E-state index contributed by atoms with van der Waals surface area (Å²) >= 11 is 5.88. The minimum atomic E-state index is -0.270. The molecule has 0 radical (unpaired) electrons. The summed E-state index contributed by atoms with van der Waals surface area (Å²) in [5, 5.41) is 10.2. The third kappa shape index (κ3) is 4.01. The Labute approximate surface area is 153 Å². The average Bonchev–Trinajstić information content (AvgIpc) is 2.64. The van der Waals surface area contributed by atoms with Gasteiger partial charge in [-0.05, 0) is 36.8 Å². The van der Waals surface area contributed by atoms with Crippen molar-refractivity contribution < 1.29 is 4.79 Å². The summed E-state index contributed by atoms with van der Waals surface area (Å²) in [6, 6.07) is 17.2. The van der Waals surface area contributed by atoms with Gasteiger partial charge in [-0.15, -0.1) is 0 Å². The second-order valence-corrected chi connectivity index (χ2v) is 6.71. The van der Waals surface area contributed by atoms with E-state index in [-0.39, 0.29) is 11.9 Å². The molecule has 1 fully saturated rings. The van der Waals surface area contributed by atoms with Crippen LogP contribution in [0.1, 0.15) is 27.5 Å². The number of carbonyl (C=O) groups is 1. The standard InChI is InChI=1S/C20H20ClN3O/c1-15-2-4-16(5-3-15)19(14-22)23-10-12-24(13-11-23)20(25)17-6-8-18(21)9-7-17/h2-9,19H,10-13H2,1H3. The van der Waals surface area contributed by atoms with E-state index in [4.69, 9.17) is 11.6 Å². The molecule has 5 heteroatoms. The van der Waals surface area contributed by atoms with Crippen LogP contribution in [0.5, 0.6) is 0 Å². The van der Waals surface area contributed by atoms with E-state index in [0.717, 1.165) is 5.56 Å². The molecule has 2 aromatic rings. The van der Waals surface area contributed by atoms with Crippen LogP contribution in [0, 0.1) is 18.3 Å². The lowest BCUT2D eigenvalue weighted by molar-refractivity contribution is 0.0606. The maximum atomic E-state index is 12.6. The van der Waals surface area contributed by atoms with Crippen LogP contribution >= 0.6 is 11.6 Å². The average molecular weight is 354 g/mol. The first kappa shape index (κ1) is 17.5. The minimum absolute atomic E-state index is 0.0140. The van der Waals surface area contributed by atoms with E-state index in [1.807, 2.05) is 36.1 Å². The molecule has 2 aromatic carbocycles. The van der Waals surface area contributed by atoms with Gasteiger partial charge in [-0.25, -0.2) is 0 Å². The summed E-state index contributed by atoms with van der Waals surface area (Å²) in [5.74, 6) is 0.0140. The maximum Gasteiger partial charge on any atom is 0.253 e. The lowest BCUT2D eigenvalue weighted by Crippen LogP contribution is -2.49. The number of nitriles is 1. The molecule has 0 aromatic heterocycles. The van der Waals surface area contributed by atoms with Gasteiger partial charge in [-0.1, -0.05) is 41.4 Å². The first-order chi connectivity index (χ1) is 12.1. The topological polar surface area (TPSA) is 47.3 Å². The number of carbonyl (C=O) groups excluding carboxylic acids is 1. The highest BCUT2D eigenvalue weighted by Gasteiger charge is 2.27. The van der Waals surface area contributed by atoms with E-state index >= 15 is 0 Å². The Hall–Kier alpha value is -2.35. The van der Waals surface area contributed by atoms with E-state index in [1.54, 1.807) is 24.3 Å². The first-order valence-corrected chi connectivity index (χ1v) is 8.71. The van der Waals surface area contributed by atoms with Crippen LogP contribution in [0.4, 0.5) is 0 Å². The molecular weight excluding hydrogens is 334 g/mol. The number of piperazine rings is 1. The summed E-state index contributed by atoms with van der Waals surface area (Å²) in [4.78, 5) is 16.5. The number of aryl methyl sites for hydroxylation is 1. The molecule has 128 valence electrons. The highest BCUT2D eigenvalue weighted by atomic mass is 35.5. The van der Waals surface area contributed by atoms with E-state index < -0.39 is 0 Å². The Bertz CT molecular complexity index is 772. The number of hydrogen-bond acceptors (Lipinski definition) is 3. The monoisotopic (exact) mass is 353 g/mol.